The van der Waals surface area contributed by atoms with Crippen LogP contribution in [0.5, 0.6) is 0 Å². The van der Waals surface area contributed by atoms with Crippen molar-refractivity contribution in [2.24, 2.45) is 0 Å². The van der Waals surface area contributed by atoms with Crippen molar-refractivity contribution in [1.29, 1.82) is 0 Å². The molecule has 0 aliphatic rings. The van der Waals surface area contributed by atoms with Crippen LogP contribution in [0.1, 0.15) is 18.4 Å². The second kappa shape index (κ2) is 5.66. The summed E-state index contributed by atoms with van der Waals surface area (Å²) in [5.41, 5.74) is 1.83. The van der Waals surface area contributed by atoms with Gasteiger partial charge < -0.3 is 5.32 Å². The van der Waals surface area contributed by atoms with E-state index in [1.165, 1.54) is 0 Å². The molecule has 0 atom stereocenters. The van der Waals surface area contributed by atoms with E-state index < -0.39 is 0 Å². The number of hydrogen-bond acceptors (Lipinski definition) is 6. The maximum absolute atomic E-state index is 4.37. The Morgan fingerprint density at radius 2 is 2.00 bits per heavy atom. The van der Waals surface area contributed by atoms with Crippen LogP contribution >= 0.6 is 0 Å². The number of aryl methyl sites for hydroxylation is 2. The molecule has 7 nitrogen and oxygen atoms in total. The highest BCUT2D eigenvalue weighted by molar-refractivity contribution is 5.54. The fraction of sp³-hybridized carbons (Fsp3) is 0.214. The molecule has 0 fully saturated rings. The van der Waals surface area contributed by atoms with Gasteiger partial charge in [0, 0.05) is 24.2 Å². The van der Waals surface area contributed by atoms with Gasteiger partial charge >= 0.3 is 0 Å². The fourth-order valence-electron chi connectivity index (χ4n) is 1.93. The van der Waals surface area contributed by atoms with E-state index >= 15 is 0 Å². The highest BCUT2D eigenvalue weighted by Gasteiger charge is 2.05. The van der Waals surface area contributed by atoms with Gasteiger partial charge in [0.1, 0.15) is 11.6 Å². The average molecular weight is 281 g/mol. The topological polar surface area (TPSA) is 81.4 Å². The fourth-order valence-corrected chi connectivity index (χ4v) is 1.93. The molecule has 106 valence electrons. The summed E-state index contributed by atoms with van der Waals surface area (Å²) in [7, 11) is 0. The van der Waals surface area contributed by atoms with Crippen LogP contribution in [0.25, 0.3) is 5.95 Å². The molecule has 21 heavy (non-hydrogen) atoms. The molecule has 0 unspecified atom stereocenters. The van der Waals surface area contributed by atoms with Gasteiger partial charge in [0.05, 0.1) is 18.1 Å². The van der Waals surface area contributed by atoms with Gasteiger partial charge in [-0.15, -0.1) is 0 Å². The van der Waals surface area contributed by atoms with Gasteiger partial charge in [-0.25, -0.2) is 24.6 Å². The molecule has 0 aliphatic heterocycles. The Kier molecular flexibility index (Phi) is 3.55. The summed E-state index contributed by atoms with van der Waals surface area (Å²) < 4.78 is 1.61. The molecule has 0 aromatic carbocycles. The van der Waals surface area contributed by atoms with Gasteiger partial charge in [-0.3, -0.25) is 0 Å². The smallest absolute Gasteiger partial charge is 0.250 e. The predicted molar refractivity (Wildman–Crippen MR) is 78.6 cm³/mol. The van der Waals surface area contributed by atoms with Crippen LogP contribution in [0.4, 0.5) is 11.5 Å². The second-order valence-corrected chi connectivity index (χ2v) is 4.49. The van der Waals surface area contributed by atoms with E-state index in [0.29, 0.717) is 5.95 Å². The molecule has 3 heterocycles. The third-order valence-electron chi connectivity index (χ3n) is 2.87. The van der Waals surface area contributed by atoms with E-state index in [1.54, 1.807) is 29.3 Å². The Balaban J connectivity index is 1.83. The summed E-state index contributed by atoms with van der Waals surface area (Å²) in [5.74, 6) is 2.03. The molecule has 0 saturated carbocycles. The van der Waals surface area contributed by atoms with Crippen molar-refractivity contribution in [3.63, 3.8) is 0 Å². The van der Waals surface area contributed by atoms with Crippen LogP contribution in [0.3, 0.4) is 0 Å². The lowest BCUT2D eigenvalue weighted by Gasteiger charge is -2.05. The molecule has 0 radical (unpaired) electrons. The molecule has 3 rings (SSSR count). The number of nitrogens with one attached hydrogen (secondary N) is 1. The van der Waals surface area contributed by atoms with Crippen LogP contribution in [0, 0.1) is 6.92 Å². The van der Waals surface area contributed by atoms with E-state index in [0.717, 1.165) is 29.4 Å². The molecule has 0 bridgehead atoms. The third-order valence-corrected chi connectivity index (χ3v) is 2.87. The minimum Gasteiger partial charge on any atom is -0.338 e. The van der Waals surface area contributed by atoms with E-state index in [4.69, 9.17) is 0 Å². The Morgan fingerprint density at radius 3 is 2.76 bits per heavy atom. The van der Waals surface area contributed by atoms with Crippen molar-refractivity contribution in [2.75, 3.05) is 5.32 Å². The van der Waals surface area contributed by atoms with E-state index in [1.807, 2.05) is 19.2 Å². The Labute approximate surface area is 122 Å². The highest BCUT2D eigenvalue weighted by atomic mass is 15.3. The van der Waals surface area contributed by atoms with Gasteiger partial charge in [-0.05, 0) is 19.4 Å². The van der Waals surface area contributed by atoms with E-state index in [2.05, 4.69) is 37.3 Å². The molecular weight excluding hydrogens is 266 g/mol. The van der Waals surface area contributed by atoms with E-state index in [-0.39, 0.29) is 0 Å². The quantitative estimate of drug-likeness (QED) is 0.788. The molecule has 7 heteroatoms. The Hall–Kier alpha value is -2.83. The molecule has 0 spiro atoms. The summed E-state index contributed by atoms with van der Waals surface area (Å²) in [6.07, 6.45) is 7.75. The summed E-state index contributed by atoms with van der Waals surface area (Å²) >= 11 is 0. The molecule has 0 amide bonds. The zero-order chi connectivity index (χ0) is 14.7. The Bertz CT molecular complexity index is 736. The molecule has 1 N–H and O–H groups in total. The van der Waals surface area contributed by atoms with Crippen LogP contribution in [0.15, 0.2) is 36.9 Å². The minimum absolute atomic E-state index is 0.527. The first-order valence-corrected chi connectivity index (χ1v) is 6.68. The zero-order valence-corrected chi connectivity index (χ0v) is 11.9. The maximum atomic E-state index is 4.37. The van der Waals surface area contributed by atoms with Crippen molar-refractivity contribution in [3.8, 4) is 5.95 Å². The molecule has 0 saturated heterocycles. The first kappa shape index (κ1) is 13.2. The molecular formula is C14H15N7. The average Bonchev–Trinajstić information content (AvgIpc) is 2.96. The third kappa shape index (κ3) is 3.02. The molecule has 3 aromatic heterocycles. The monoisotopic (exact) mass is 281 g/mol. The van der Waals surface area contributed by atoms with Gasteiger partial charge in [-0.2, -0.15) is 5.10 Å². The summed E-state index contributed by atoms with van der Waals surface area (Å²) in [6.45, 7) is 3.95. The first-order chi connectivity index (χ1) is 10.2. The lowest BCUT2D eigenvalue weighted by molar-refractivity contribution is 0.808. The highest BCUT2D eigenvalue weighted by Crippen LogP contribution is 2.15. The maximum Gasteiger partial charge on any atom is 0.250 e. The van der Waals surface area contributed by atoms with Gasteiger partial charge in [-0.1, -0.05) is 6.92 Å². The van der Waals surface area contributed by atoms with Crippen molar-refractivity contribution >= 4 is 11.5 Å². The summed E-state index contributed by atoms with van der Waals surface area (Å²) in [5, 5.41) is 7.45. The predicted octanol–water partition coefficient (Wildman–Crippen LogP) is 2.07. The van der Waals surface area contributed by atoms with Crippen LogP contribution in [-0.2, 0) is 6.42 Å². The van der Waals surface area contributed by atoms with Crippen molar-refractivity contribution in [2.45, 2.75) is 20.3 Å². The van der Waals surface area contributed by atoms with Crippen LogP contribution in [-0.4, -0.2) is 29.7 Å². The van der Waals surface area contributed by atoms with Crippen molar-refractivity contribution < 1.29 is 0 Å². The van der Waals surface area contributed by atoms with Gasteiger partial charge in [0.25, 0.3) is 0 Å². The normalized spacial score (nSPS) is 10.6. The largest absolute Gasteiger partial charge is 0.338 e. The number of rotatable bonds is 4. The van der Waals surface area contributed by atoms with Crippen molar-refractivity contribution in [3.05, 3.63) is 48.4 Å². The van der Waals surface area contributed by atoms with E-state index in [9.17, 15) is 0 Å². The lowest BCUT2D eigenvalue weighted by atomic mass is 10.3. The molecule has 0 aliphatic carbocycles. The van der Waals surface area contributed by atoms with Gasteiger partial charge in [0.2, 0.25) is 5.95 Å². The minimum atomic E-state index is 0.527. The summed E-state index contributed by atoms with van der Waals surface area (Å²) in [4.78, 5) is 17.0. The second-order valence-electron chi connectivity index (χ2n) is 4.49. The molecule has 3 aromatic rings. The SMILES string of the molecule is CCc1cc(Nc2cnn(-c3ncccn3)c2)nc(C)n1. The summed E-state index contributed by atoms with van der Waals surface area (Å²) in [6, 6.07) is 3.70. The number of hydrogen-bond donors (Lipinski definition) is 1. The van der Waals surface area contributed by atoms with Crippen molar-refractivity contribution in [1.82, 2.24) is 29.7 Å². The van der Waals surface area contributed by atoms with Crippen LogP contribution in [0.2, 0.25) is 0 Å². The number of anilines is 2. The zero-order valence-electron chi connectivity index (χ0n) is 11.9. The van der Waals surface area contributed by atoms with Crippen LogP contribution < -0.4 is 5.32 Å². The Morgan fingerprint density at radius 1 is 1.19 bits per heavy atom. The standard InChI is InChI=1S/C14H15N7/c1-3-11-7-13(19-10(2)18-11)20-12-8-17-21(9-12)14-15-5-4-6-16-14/h4-9H,3H2,1-2H3,(H,18,19,20). The number of aromatic nitrogens is 6. The lowest BCUT2D eigenvalue weighted by Crippen LogP contribution is -2.01. The first-order valence-electron chi connectivity index (χ1n) is 6.68. The van der Waals surface area contributed by atoms with Gasteiger partial charge in [0.15, 0.2) is 0 Å². The number of nitrogens with zero attached hydrogens (tertiary/aromatic N) is 6.